The van der Waals surface area contributed by atoms with E-state index in [0.717, 1.165) is 11.4 Å². The minimum Gasteiger partial charge on any atom is -0.272 e. The highest BCUT2D eigenvalue weighted by atomic mass is 35.5. The lowest BCUT2D eigenvalue weighted by Crippen LogP contribution is -2.46. The molecule has 2 saturated carbocycles. The van der Waals surface area contributed by atoms with Crippen molar-refractivity contribution in [2.24, 2.45) is 35.5 Å². The van der Waals surface area contributed by atoms with Gasteiger partial charge in [-0.3, -0.25) is 19.8 Å². The van der Waals surface area contributed by atoms with E-state index in [1.165, 1.54) is 0 Å². The Balaban J connectivity index is 1.40. The number of hydrogen-bond acceptors (Lipinski definition) is 3. The fourth-order valence-electron chi connectivity index (χ4n) is 4.83. The van der Waals surface area contributed by atoms with Gasteiger partial charge in [-0.05, 0) is 54.4 Å². The highest BCUT2D eigenvalue weighted by Gasteiger charge is 2.67. The molecule has 1 heterocycles. The number of nitrogens with zero attached hydrogens (tertiary/aromatic N) is 1. The summed E-state index contributed by atoms with van der Waals surface area (Å²) in [6.45, 7) is 0. The maximum absolute atomic E-state index is 12.8. The average molecular weight is 343 g/mol. The maximum atomic E-state index is 12.8. The number of hydrogen-bond donors (Lipinski definition) is 1. The summed E-state index contributed by atoms with van der Waals surface area (Å²) in [7, 11) is 0. The van der Waals surface area contributed by atoms with Crippen molar-refractivity contribution in [2.45, 2.75) is 6.42 Å². The van der Waals surface area contributed by atoms with Gasteiger partial charge in [0, 0.05) is 10.6 Å². The third-order valence-electron chi connectivity index (χ3n) is 5.98. The zero-order valence-electron chi connectivity index (χ0n) is 12.7. The molecule has 5 aliphatic rings. The van der Waals surface area contributed by atoms with E-state index in [9.17, 15) is 14.4 Å². The lowest BCUT2D eigenvalue weighted by atomic mass is 9.63. The molecule has 3 fully saturated rings. The molecule has 3 amide bonds. The number of hydrazine groups is 1. The molecule has 6 rings (SSSR count). The average Bonchev–Trinajstić information content (AvgIpc) is 3.36. The number of amides is 3. The van der Waals surface area contributed by atoms with Crippen molar-refractivity contribution in [3.63, 3.8) is 0 Å². The van der Waals surface area contributed by atoms with Crippen LogP contribution in [0.4, 0.5) is 0 Å². The van der Waals surface area contributed by atoms with Crippen molar-refractivity contribution in [1.29, 1.82) is 0 Å². The molecule has 6 heteroatoms. The molecule has 1 aliphatic heterocycles. The van der Waals surface area contributed by atoms with Crippen molar-refractivity contribution in [3.8, 4) is 0 Å². The number of halogens is 1. The molecule has 1 aromatic carbocycles. The number of imide groups is 1. The summed E-state index contributed by atoms with van der Waals surface area (Å²) in [5.41, 5.74) is 2.85. The van der Waals surface area contributed by atoms with Crippen molar-refractivity contribution in [2.75, 3.05) is 0 Å². The van der Waals surface area contributed by atoms with Gasteiger partial charge in [-0.15, -0.1) is 0 Å². The van der Waals surface area contributed by atoms with E-state index in [1.54, 1.807) is 24.3 Å². The molecule has 122 valence electrons. The number of carbonyl (C=O) groups is 3. The molecular weight excluding hydrogens is 328 g/mol. The van der Waals surface area contributed by atoms with Gasteiger partial charge in [0.2, 0.25) is 0 Å². The SMILES string of the molecule is O=C(NN1C(=O)[C@@H]2[C@@H]3C=C[C@H]([C@H]4C[C@H]34)[C@@H]2C1=O)c1ccc(Cl)cc1. The molecule has 0 radical (unpaired) electrons. The Labute approximate surface area is 143 Å². The second kappa shape index (κ2) is 4.70. The zero-order chi connectivity index (χ0) is 16.6. The van der Waals surface area contributed by atoms with E-state index in [0.29, 0.717) is 22.4 Å². The van der Waals surface area contributed by atoms with Gasteiger partial charge in [0.1, 0.15) is 0 Å². The van der Waals surface area contributed by atoms with Crippen LogP contribution in [-0.4, -0.2) is 22.7 Å². The zero-order valence-corrected chi connectivity index (χ0v) is 13.4. The highest BCUT2D eigenvalue weighted by Crippen LogP contribution is 2.65. The second-order valence-electron chi connectivity index (χ2n) is 7.11. The predicted molar refractivity (Wildman–Crippen MR) is 85.5 cm³/mol. The number of benzene rings is 1. The lowest BCUT2D eigenvalue weighted by molar-refractivity contribution is -0.143. The Morgan fingerprint density at radius 3 is 2.08 bits per heavy atom. The van der Waals surface area contributed by atoms with Gasteiger partial charge >= 0.3 is 0 Å². The standard InChI is InChI=1S/C18H15ClN2O3/c19-9-3-1-8(2-4-9)16(22)20-21-17(23)14-10-5-6-11(13-7-12(10)13)15(14)18(21)24/h1-6,10-15H,7H2,(H,20,22)/t10-,11-,12-,13-,14-,15+/m1/s1. The van der Waals surface area contributed by atoms with Crippen LogP contribution in [-0.2, 0) is 9.59 Å². The van der Waals surface area contributed by atoms with Crippen LogP contribution in [0.15, 0.2) is 36.4 Å². The van der Waals surface area contributed by atoms with Crippen LogP contribution in [0, 0.1) is 35.5 Å². The van der Waals surface area contributed by atoms with E-state index < -0.39 is 5.91 Å². The number of allylic oxidation sites excluding steroid dienone is 2. The Morgan fingerprint density at radius 2 is 1.54 bits per heavy atom. The van der Waals surface area contributed by atoms with Crippen LogP contribution in [0.3, 0.4) is 0 Å². The number of carbonyl (C=O) groups excluding carboxylic acids is 3. The first-order chi connectivity index (χ1) is 11.6. The second-order valence-corrected chi connectivity index (χ2v) is 7.55. The van der Waals surface area contributed by atoms with Crippen LogP contribution in [0.25, 0.3) is 0 Å². The summed E-state index contributed by atoms with van der Waals surface area (Å²) in [6, 6.07) is 6.33. The van der Waals surface area contributed by atoms with Crippen molar-refractivity contribution in [1.82, 2.24) is 10.4 Å². The number of nitrogens with one attached hydrogen (secondary N) is 1. The smallest absolute Gasteiger partial charge is 0.270 e. The Bertz CT molecular complexity index is 767. The third kappa shape index (κ3) is 1.79. The van der Waals surface area contributed by atoms with Crippen molar-refractivity contribution in [3.05, 3.63) is 47.0 Å². The summed E-state index contributed by atoms with van der Waals surface area (Å²) >= 11 is 5.82. The first-order valence-electron chi connectivity index (χ1n) is 8.19. The van der Waals surface area contributed by atoms with Gasteiger partial charge in [-0.2, -0.15) is 5.01 Å². The van der Waals surface area contributed by atoms with Crippen LogP contribution in [0.2, 0.25) is 5.02 Å². The monoisotopic (exact) mass is 342 g/mol. The minimum absolute atomic E-state index is 0.152. The fourth-order valence-corrected chi connectivity index (χ4v) is 4.96. The highest BCUT2D eigenvalue weighted by molar-refractivity contribution is 6.30. The maximum Gasteiger partial charge on any atom is 0.270 e. The van der Waals surface area contributed by atoms with Crippen LogP contribution in [0.5, 0.6) is 0 Å². The van der Waals surface area contributed by atoms with Gasteiger partial charge in [0.05, 0.1) is 11.8 Å². The topological polar surface area (TPSA) is 66.5 Å². The van der Waals surface area contributed by atoms with E-state index in [1.807, 2.05) is 0 Å². The van der Waals surface area contributed by atoms with Crippen LogP contribution in [0.1, 0.15) is 16.8 Å². The summed E-state index contributed by atoms with van der Waals surface area (Å²) < 4.78 is 0. The summed E-state index contributed by atoms with van der Waals surface area (Å²) in [4.78, 5) is 37.9. The fraction of sp³-hybridized carbons (Fsp3) is 0.389. The molecule has 0 unspecified atom stereocenters. The van der Waals surface area contributed by atoms with Gasteiger partial charge in [0.25, 0.3) is 17.7 Å². The molecule has 1 aromatic rings. The van der Waals surface area contributed by atoms with E-state index in [4.69, 9.17) is 11.6 Å². The summed E-state index contributed by atoms with van der Waals surface area (Å²) in [6.07, 6.45) is 5.33. The quantitative estimate of drug-likeness (QED) is 0.660. The van der Waals surface area contributed by atoms with E-state index >= 15 is 0 Å². The lowest BCUT2D eigenvalue weighted by Gasteiger charge is -2.37. The number of rotatable bonds is 2. The molecule has 1 N–H and O–H groups in total. The first-order valence-corrected chi connectivity index (χ1v) is 8.57. The molecule has 24 heavy (non-hydrogen) atoms. The van der Waals surface area contributed by atoms with Gasteiger partial charge in [0.15, 0.2) is 0 Å². The van der Waals surface area contributed by atoms with Crippen LogP contribution < -0.4 is 5.43 Å². The summed E-state index contributed by atoms with van der Waals surface area (Å²) in [5, 5.41) is 1.47. The Hall–Kier alpha value is -2.14. The predicted octanol–water partition coefficient (Wildman–Crippen LogP) is 2.04. The van der Waals surface area contributed by atoms with Crippen molar-refractivity contribution >= 4 is 29.3 Å². The molecule has 2 bridgehead atoms. The van der Waals surface area contributed by atoms with Crippen molar-refractivity contribution < 1.29 is 14.4 Å². The Kier molecular flexibility index (Phi) is 2.78. The molecule has 4 aliphatic carbocycles. The minimum atomic E-state index is -0.475. The Morgan fingerprint density at radius 1 is 1.00 bits per heavy atom. The third-order valence-corrected chi connectivity index (χ3v) is 6.23. The molecule has 0 aromatic heterocycles. The van der Waals surface area contributed by atoms with E-state index in [2.05, 4.69) is 17.6 Å². The molecule has 0 spiro atoms. The molecule has 5 nitrogen and oxygen atoms in total. The van der Waals surface area contributed by atoms with E-state index in [-0.39, 0.29) is 35.5 Å². The normalized spacial score (nSPS) is 38.1. The van der Waals surface area contributed by atoms with Crippen LogP contribution >= 0.6 is 11.6 Å². The first kappa shape index (κ1) is 14.2. The molecule has 1 saturated heterocycles. The van der Waals surface area contributed by atoms with Gasteiger partial charge in [-0.25, -0.2) is 0 Å². The molecule has 6 atom stereocenters. The largest absolute Gasteiger partial charge is 0.272 e. The van der Waals surface area contributed by atoms with Gasteiger partial charge in [-0.1, -0.05) is 23.8 Å². The molecular formula is C18H15ClN2O3. The van der Waals surface area contributed by atoms with Gasteiger partial charge < -0.3 is 0 Å². The summed E-state index contributed by atoms with van der Waals surface area (Å²) in [5.74, 6) is -0.220.